The van der Waals surface area contributed by atoms with Gasteiger partial charge in [0, 0.05) is 31.7 Å². The maximum absolute atomic E-state index is 4.46. The Balaban J connectivity index is 0.00000220. The van der Waals surface area contributed by atoms with Gasteiger partial charge >= 0.3 is 0 Å². The molecule has 2 rings (SSSR count). The topological polar surface area (TPSA) is 49.3 Å². The molecule has 1 heterocycles. The van der Waals surface area contributed by atoms with Crippen LogP contribution in [0.3, 0.4) is 0 Å². The third-order valence-corrected chi connectivity index (χ3v) is 3.06. The van der Waals surface area contributed by atoms with Crippen LogP contribution >= 0.6 is 24.0 Å². The summed E-state index contributed by atoms with van der Waals surface area (Å²) in [5, 5.41) is 7.80. The molecule has 1 aromatic carbocycles. The number of aromatic nitrogens is 1. The first kappa shape index (κ1) is 17.7. The Hall–Kier alpha value is -1.37. The van der Waals surface area contributed by atoms with Crippen molar-refractivity contribution in [3.63, 3.8) is 0 Å². The summed E-state index contributed by atoms with van der Waals surface area (Å²) < 4.78 is 0. The Labute approximate surface area is 143 Å². The van der Waals surface area contributed by atoms with E-state index in [1.165, 1.54) is 5.56 Å². The van der Waals surface area contributed by atoms with Gasteiger partial charge in [0.25, 0.3) is 0 Å². The Kier molecular flexibility index (Phi) is 7.42. The average Bonchev–Trinajstić information content (AvgIpc) is 2.47. The second kappa shape index (κ2) is 8.81. The lowest BCUT2D eigenvalue weighted by Gasteiger charge is -2.14. The molecule has 0 atom stereocenters. The molecule has 21 heavy (non-hydrogen) atoms. The smallest absolute Gasteiger partial charge is 0.191 e. The zero-order valence-corrected chi connectivity index (χ0v) is 15.1. The van der Waals surface area contributed by atoms with Crippen molar-refractivity contribution < 1.29 is 0 Å². The molecule has 2 N–H and O–H groups in total. The van der Waals surface area contributed by atoms with Gasteiger partial charge in [-0.1, -0.05) is 38.1 Å². The number of guanidine groups is 1. The molecule has 0 radical (unpaired) electrons. The van der Waals surface area contributed by atoms with Gasteiger partial charge in [-0.25, -0.2) is 0 Å². The first-order valence-corrected chi connectivity index (χ1v) is 6.98. The maximum atomic E-state index is 4.46. The molecule has 4 nitrogen and oxygen atoms in total. The summed E-state index contributed by atoms with van der Waals surface area (Å²) in [6.07, 6.45) is 1.83. The molecule has 0 aliphatic rings. The molecule has 5 heteroatoms. The lowest BCUT2D eigenvalue weighted by molar-refractivity contribution is 0.615. The van der Waals surface area contributed by atoms with E-state index in [4.69, 9.17) is 0 Å². The number of para-hydroxylation sites is 1. The summed E-state index contributed by atoms with van der Waals surface area (Å²) in [5.74, 6) is 1.42. The summed E-state index contributed by atoms with van der Waals surface area (Å²) in [4.78, 5) is 8.69. The van der Waals surface area contributed by atoms with Crippen LogP contribution in [-0.4, -0.2) is 24.5 Å². The molecule has 0 fully saturated rings. The zero-order valence-electron chi connectivity index (χ0n) is 12.8. The number of aliphatic imine (C=N–C) groups is 1. The molecule has 0 saturated carbocycles. The number of nitrogens with zero attached hydrogens (tertiary/aromatic N) is 2. The molecule has 0 aliphatic carbocycles. The Bertz CT molecular complexity index is 590. The van der Waals surface area contributed by atoms with Crippen LogP contribution in [0.2, 0.25) is 0 Å². The summed E-state index contributed by atoms with van der Waals surface area (Å²) in [7, 11) is 1.79. The fourth-order valence-electron chi connectivity index (χ4n) is 2.01. The van der Waals surface area contributed by atoms with E-state index in [2.05, 4.69) is 58.7 Å². The van der Waals surface area contributed by atoms with Crippen LogP contribution in [0, 0.1) is 5.92 Å². The number of hydrogen-bond donors (Lipinski definition) is 2. The van der Waals surface area contributed by atoms with Gasteiger partial charge in [0.2, 0.25) is 0 Å². The van der Waals surface area contributed by atoms with Gasteiger partial charge in [0.05, 0.1) is 5.52 Å². The number of rotatable bonds is 4. The van der Waals surface area contributed by atoms with Crippen molar-refractivity contribution in [3.05, 3.63) is 42.1 Å². The zero-order chi connectivity index (χ0) is 14.4. The summed E-state index contributed by atoms with van der Waals surface area (Å²) in [6, 6.07) is 10.3. The fourth-order valence-corrected chi connectivity index (χ4v) is 2.01. The largest absolute Gasteiger partial charge is 0.356 e. The van der Waals surface area contributed by atoms with Crippen LogP contribution < -0.4 is 10.6 Å². The molecule has 0 spiro atoms. The Morgan fingerprint density at radius 1 is 1.19 bits per heavy atom. The lowest BCUT2D eigenvalue weighted by atomic mass is 10.1. The highest BCUT2D eigenvalue weighted by Crippen LogP contribution is 2.15. The van der Waals surface area contributed by atoms with Crippen LogP contribution in [0.15, 0.2) is 41.5 Å². The van der Waals surface area contributed by atoms with Gasteiger partial charge in [-0.3, -0.25) is 9.98 Å². The minimum absolute atomic E-state index is 0. The van der Waals surface area contributed by atoms with E-state index in [0.717, 1.165) is 23.4 Å². The molecule has 2 aromatic rings. The van der Waals surface area contributed by atoms with Gasteiger partial charge in [-0.05, 0) is 17.5 Å². The second-order valence-corrected chi connectivity index (χ2v) is 5.19. The molecular formula is C16H23IN4. The molecule has 0 bridgehead atoms. The standard InChI is InChI=1S/C16H22N4.HI/c1-12(2)10-19-16(17-3)20-11-14-7-4-6-13-8-5-9-18-15(13)14;/h4-9,12H,10-11H2,1-3H3,(H2,17,19,20);1H. The van der Waals surface area contributed by atoms with Crippen LogP contribution in [0.25, 0.3) is 10.9 Å². The Morgan fingerprint density at radius 3 is 2.67 bits per heavy atom. The molecule has 0 aliphatic heterocycles. The van der Waals surface area contributed by atoms with Gasteiger partial charge in [0.15, 0.2) is 5.96 Å². The number of benzene rings is 1. The monoisotopic (exact) mass is 398 g/mol. The summed E-state index contributed by atoms with van der Waals surface area (Å²) >= 11 is 0. The average molecular weight is 398 g/mol. The molecule has 0 saturated heterocycles. The SMILES string of the molecule is CN=C(NCc1cccc2cccnc12)NCC(C)C.I. The minimum atomic E-state index is 0. The van der Waals surface area contributed by atoms with E-state index in [1.54, 1.807) is 7.05 Å². The summed E-state index contributed by atoms with van der Waals surface area (Å²) in [5.41, 5.74) is 2.22. The van der Waals surface area contributed by atoms with Crippen molar-refractivity contribution in [2.75, 3.05) is 13.6 Å². The first-order chi connectivity index (χ1) is 9.70. The van der Waals surface area contributed by atoms with E-state index in [1.807, 2.05) is 12.3 Å². The molecule has 1 aromatic heterocycles. The van der Waals surface area contributed by atoms with Crippen molar-refractivity contribution in [2.24, 2.45) is 10.9 Å². The number of fused-ring (bicyclic) bond motifs is 1. The molecule has 0 amide bonds. The normalized spacial score (nSPS) is 11.3. The van der Waals surface area contributed by atoms with E-state index >= 15 is 0 Å². The number of pyridine rings is 1. The fraction of sp³-hybridized carbons (Fsp3) is 0.375. The minimum Gasteiger partial charge on any atom is -0.356 e. The van der Waals surface area contributed by atoms with Crippen molar-refractivity contribution >= 4 is 40.8 Å². The number of hydrogen-bond acceptors (Lipinski definition) is 2. The molecule has 0 unspecified atom stereocenters. The van der Waals surface area contributed by atoms with E-state index < -0.39 is 0 Å². The van der Waals surface area contributed by atoms with Gasteiger partial charge in [-0.15, -0.1) is 24.0 Å². The van der Waals surface area contributed by atoms with E-state index in [9.17, 15) is 0 Å². The van der Waals surface area contributed by atoms with Gasteiger partial charge in [0.1, 0.15) is 0 Å². The highest BCUT2D eigenvalue weighted by Gasteiger charge is 2.03. The summed E-state index contributed by atoms with van der Waals surface area (Å²) in [6.45, 7) is 5.98. The van der Waals surface area contributed by atoms with Gasteiger partial charge < -0.3 is 10.6 Å². The number of nitrogens with one attached hydrogen (secondary N) is 2. The predicted octanol–water partition coefficient (Wildman–Crippen LogP) is 3.17. The predicted molar refractivity (Wildman–Crippen MR) is 100 cm³/mol. The van der Waals surface area contributed by atoms with Crippen LogP contribution in [0.4, 0.5) is 0 Å². The maximum Gasteiger partial charge on any atom is 0.191 e. The van der Waals surface area contributed by atoms with Crippen molar-refractivity contribution in [1.82, 2.24) is 15.6 Å². The van der Waals surface area contributed by atoms with Crippen LogP contribution in [0.5, 0.6) is 0 Å². The van der Waals surface area contributed by atoms with Crippen molar-refractivity contribution in [1.29, 1.82) is 0 Å². The highest BCUT2D eigenvalue weighted by atomic mass is 127. The van der Waals surface area contributed by atoms with E-state index in [0.29, 0.717) is 12.5 Å². The molecule has 114 valence electrons. The van der Waals surface area contributed by atoms with Crippen molar-refractivity contribution in [3.8, 4) is 0 Å². The number of halogens is 1. The Morgan fingerprint density at radius 2 is 1.95 bits per heavy atom. The first-order valence-electron chi connectivity index (χ1n) is 6.98. The highest BCUT2D eigenvalue weighted by molar-refractivity contribution is 14.0. The van der Waals surface area contributed by atoms with E-state index in [-0.39, 0.29) is 24.0 Å². The van der Waals surface area contributed by atoms with Crippen molar-refractivity contribution in [2.45, 2.75) is 20.4 Å². The quantitative estimate of drug-likeness (QED) is 0.473. The van der Waals surface area contributed by atoms with Crippen LogP contribution in [-0.2, 0) is 6.54 Å². The third-order valence-electron chi connectivity index (χ3n) is 3.06. The molecular weight excluding hydrogens is 375 g/mol. The third kappa shape index (κ3) is 5.15. The second-order valence-electron chi connectivity index (χ2n) is 5.19. The lowest BCUT2D eigenvalue weighted by Crippen LogP contribution is -2.38. The van der Waals surface area contributed by atoms with Gasteiger partial charge in [-0.2, -0.15) is 0 Å². The van der Waals surface area contributed by atoms with Crippen LogP contribution in [0.1, 0.15) is 19.4 Å².